The Morgan fingerprint density at radius 2 is 2.20 bits per heavy atom. The van der Waals surface area contributed by atoms with Gasteiger partial charge in [0.2, 0.25) is 0 Å². The van der Waals surface area contributed by atoms with Crippen molar-refractivity contribution in [3.63, 3.8) is 0 Å². The van der Waals surface area contributed by atoms with E-state index in [0.717, 1.165) is 12.0 Å². The summed E-state index contributed by atoms with van der Waals surface area (Å²) in [7, 11) is 1.79. The molecule has 0 spiro atoms. The number of ether oxygens (including phenoxy) is 1. The summed E-state index contributed by atoms with van der Waals surface area (Å²) in [6, 6.07) is 8.09. The first kappa shape index (κ1) is 22.2. The fraction of sp³-hybridized carbons (Fsp3) is 0.320. The number of pyridine rings is 1. The average molecular weight is 496 g/mol. The number of fused-ring (bicyclic) bond motifs is 3. The number of aliphatic hydroxyl groups excluding tert-OH is 1. The third-order valence-corrected chi connectivity index (χ3v) is 7.50. The number of aliphatic hydroxyl groups is 1. The molecule has 6 rings (SSSR count). The molecule has 2 atom stereocenters. The van der Waals surface area contributed by atoms with Gasteiger partial charge in [0.05, 0.1) is 30.6 Å². The van der Waals surface area contributed by atoms with E-state index in [2.05, 4.69) is 15.4 Å². The predicted octanol–water partition coefficient (Wildman–Crippen LogP) is 3.61. The van der Waals surface area contributed by atoms with E-state index in [0.29, 0.717) is 36.2 Å². The second-order valence-electron chi connectivity index (χ2n) is 9.50. The van der Waals surface area contributed by atoms with Crippen LogP contribution < -0.4 is 5.32 Å². The zero-order valence-electron chi connectivity index (χ0n) is 19.0. The van der Waals surface area contributed by atoms with Crippen LogP contribution in [0.15, 0.2) is 48.9 Å². The van der Waals surface area contributed by atoms with Crippen molar-refractivity contribution in [2.45, 2.75) is 30.4 Å². The minimum absolute atomic E-state index is 0.0526. The molecule has 1 aliphatic carbocycles. The van der Waals surface area contributed by atoms with Crippen molar-refractivity contribution in [1.29, 1.82) is 0 Å². The predicted molar refractivity (Wildman–Crippen MR) is 128 cm³/mol. The topological polar surface area (TPSA) is 93.7 Å². The zero-order valence-corrected chi connectivity index (χ0v) is 19.7. The quantitative estimate of drug-likeness (QED) is 0.441. The van der Waals surface area contributed by atoms with Crippen molar-refractivity contribution in [2.24, 2.45) is 7.05 Å². The van der Waals surface area contributed by atoms with Crippen LogP contribution in [-0.4, -0.2) is 54.5 Å². The first-order valence-electron chi connectivity index (χ1n) is 11.3. The molecule has 35 heavy (non-hydrogen) atoms. The number of nitrogens with one attached hydrogen (secondary N) is 1. The van der Waals surface area contributed by atoms with Gasteiger partial charge >= 0.3 is 0 Å². The largest absolute Gasteiger partial charge is 0.393 e. The molecule has 1 saturated heterocycles. The minimum Gasteiger partial charge on any atom is -0.393 e. The highest BCUT2D eigenvalue weighted by Crippen LogP contribution is 2.47. The van der Waals surface area contributed by atoms with E-state index < -0.39 is 17.0 Å². The maximum absolute atomic E-state index is 15.1. The highest BCUT2D eigenvalue weighted by atomic mass is 35.5. The summed E-state index contributed by atoms with van der Waals surface area (Å²) in [5.74, 6) is -0.710. The molecule has 1 aromatic carbocycles. The Balaban J connectivity index is 1.36. The first-order chi connectivity index (χ1) is 16.8. The number of imidazole rings is 1. The number of carbonyl (C=O) groups is 1. The molecule has 180 valence electrons. The van der Waals surface area contributed by atoms with Gasteiger partial charge in [0.25, 0.3) is 5.91 Å². The van der Waals surface area contributed by atoms with Crippen LogP contribution in [0.25, 0.3) is 28.0 Å². The lowest BCUT2D eigenvalue weighted by atomic mass is 9.98. The van der Waals surface area contributed by atoms with Gasteiger partial charge in [-0.3, -0.25) is 13.9 Å². The molecule has 1 aliphatic heterocycles. The van der Waals surface area contributed by atoms with E-state index in [1.54, 1.807) is 59.0 Å². The van der Waals surface area contributed by atoms with E-state index in [-0.39, 0.29) is 28.9 Å². The van der Waals surface area contributed by atoms with E-state index in [1.165, 1.54) is 6.07 Å². The van der Waals surface area contributed by atoms with Crippen molar-refractivity contribution >= 4 is 23.2 Å². The molecular formula is C25H23ClFN5O3. The van der Waals surface area contributed by atoms with Gasteiger partial charge in [-0.15, -0.1) is 0 Å². The van der Waals surface area contributed by atoms with E-state index >= 15 is 4.39 Å². The van der Waals surface area contributed by atoms with Gasteiger partial charge in [-0.25, -0.2) is 9.37 Å². The summed E-state index contributed by atoms with van der Waals surface area (Å²) in [5.41, 5.74) is 1.73. The number of rotatable bonds is 5. The van der Waals surface area contributed by atoms with Crippen LogP contribution in [0.4, 0.5) is 4.39 Å². The molecule has 10 heteroatoms. The summed E-state index contributed by atoms with van der Waals surface area (Å²) < 4.78 is 24.1. The Bertz CT molecular complexity index is 1470. The van der Waals surface area contributed by atoms with E-state index in [9.17, 15) is 9.90 Å². The van der Waals surface area contributed by atoms with Crippen molar-refractivity contribution in [3.8, 4) is 22.4 Å². The fourth-order valence-corrected chi connectivity index (χ4v) is 5.60. The molecule has 2 N–H and O–H groups in total. The summed E-state index contributed by atoms with van der Waals surface area (Å²) >= 11 is 6.65. The maximum atomic E-state index is 15.1. The Hall–Kier alpha value is -3.27. The molecule has 2 aliphatic rings. The van der Waals surface area contributed by atoms with Gasteiger partial charge in [-0.2, -0.15) is 5.10 Å². The molecule has 2 bridgehead atoms. The van der Waals surface area contributed by atoms with Gasteiger partial charge < -0.3 is 15.2 Å². The summed E-state index contributed by atoms with van der Waals surface area (Å²) in [6.45, 7) is 0.328. The number of amides is 1. The highest BCUT2D eigenvalue weighted by Gasteiger charge is 2.56. The molecule has 1 saturated carbocycles. The van der Waals surface area contributed by atoms with Crippen LogP contribution in [0, 0.1) is 5.82 Å². The number of hydrogen-bond acceptors (Lipinski definition) is 5. The lowest BCUT2D eigenvalue weighted by molar-refractivity contribution is -0.0558. The van der Waals surface area contributed by atoms with Crippen molar-refractivity contribution in [2.75, 3.05) is 13.2 Å². The van der Waals surface area contributed by atoms with Gasteiger partial charge in [0.1, 0.15) is 22.3 Å². The van der Waals surface area contributed by atoms with Gasteiger partial charge in [-0.1, -0.05) is 23.7 Å². The van der Waals surface area contributed by atoms with Crippen molar-refractivity contribution < 1.29 is 19.0 Å². The SMILES string of the molecule is Cn1cc(-c2cccc(F)c2-c2nc3cc(C(=O)N[C@]45CC[C@](CO)(C4)OC5)ccn3c2Cl)cn1. The van der Waals surface area contributed by atoms with Gasteiger partial charge in [0, 0.05) is 42.6 Å². The number of nitrogens with zero attached hydrogens (tertiary/aromatic N) is 4. The molecule has 1 amide bonds. The Kier molecular flexibility index (Phi) is 5.00. The molecule has 3 aromatic heterocycles. The molecule has 4 heterocycles. The number of carbonyl (C=O) groups excluding carboxylic acids is 1. The number of aryl methyl sites for hydroxylation is 1. The number of aromatic nitrogens is 4. The number of halogens is 2. The molecule has 0 radical (unpaired) electrons. The van der Waals surface area contributed by atoms with E-state index in [4.69, 9.17) is 16.3 Å². The van der Waals surface area contributed by atoms with Crippen LogP contribution in [0.2, 0.25) is 5.15 Å². The van der Waals surface area contributed by atoms with Gasteiger partial charge in [-0.05, 0) is 36.6 Å². The third-order valence-electron chi connectivity index (χ3n) is 7.14. The Morgan fingerprint density at radius 1 is 1.34 bits per heavy atom. The van der Waals surface area contributed by atoms with Crippen molar-refractivity contribution in [3.05, 3.63) is 65.5 Å². The maximum Gasteiger partial charge on any atom is 0.251 e. The smallest absolute Gasteiger partial charge is 0.251 e. The summed E-state index contributed by atoms with van der Waals surface area (Å²) in [4.78, 5) is 17.7. The normalized spacial score (nSPS) is 23.3. The molecule has 0 unspecified atom stereocenters. The van der Waals surface area contributed by atoms with Gasteiger partial charge in [0.15, 0.2) is 0 Å². The average Bonchev–Trinajstić information content (AvgIpc) is 3.61. The highest BCUT2D eigenvalue weighted by molar-refractivity contribution is 6.32. The Labute approximate surface area is 205 Å². The minimum atomic E-state index is -0.547. The van der Waals surface area contributed by atoms with Crippen molar-refractivity contribution in [1.82, 2.24) is 24.5 Å². The third kappa shape index (κ3) is 3.53. The first-order valence-corrected chi connectivity index (χ1v) is 11.7. The van der Waals surface area contributed by atoms with Crippen LogP contribution >= 0.6 is 11.6 Å². The number of hydrogen-bond donors (Lipinski definition) is 2. The summed E-state index contributed by atoms with van der Waals surface area (Å²) in [6.07, 6.45) is 7.17. The Morgan fingerprint density at radius 3 is 2.89 bits per heavy atom. The lowest BCUT2D eigenvalue weighted by Gasteiger charge is -2.28. The second-order valence-corrected chi connectivity index (χ2v) is 9.86. The fourth-order valence-electron chi connectivity index (χ4n) is 5.32. The van der Waals surface area contributed by atoms with Crippen LogP contribution in [0.5, 0.6) is 0 Å². The summed E-state index contributed by atoms with van der Waals surface area (Å²) in [5, 5.41) is 17.2. The van der Waals surface area contributed by atoms with Crippen LogP contribution in [0.1, 0.15) is 29.6 Å². The van der Waals surface area contributed by atoms with Crippen LogP contribution in [0.3, 0.4) is 0 Å². The van der Waals surface area contributed by atoms with Crippen LogP contribution in [-0.2, 0) is 11.8 Å². The zero-order chi connectivity index (χ0) is 24.4. The molecule has 2 fully saturated rings. The van der Waals surface area contributed by atoms with E-state index in [1.807, 2.05) is 0 Å². The lowest BCUT2D eigenvalue weighted by Crippen LogP contribution is -2.48. The standard InChI is InChI=1S/C25H23ClFN5O3/c1-31-11-16(10-28-31)17-3-2-4-18(27)20(17)21-22(26)32-8-5-15(9-19(32)29-21)23(34)30-24-6-7-25(12-24,13-33)35-14-24/h2-5,8-11,33H,6-7,12-14H2,1H3,(H,30,34)/t24-,25-/m1/s1. The monoisotopic (exact) mass is 495 g/mol. The number of benzene rings is 1. The molecule has 8 nitrogen and oxygen atoms in total. The molecule has 4 aromatic rings. The molecular weight excluding hydrogens is 473 g/mol. The second kappa shape index (κ2) is 7.87.